The summed E-state index contributed by atoms with van der Waals surface area (Å²) in [6.45, 7) is 4.88. The Balaban J connectivity index is 2.36. The molecule has 0 aliphatic carbocycles. The maximum Gasteiger partial charge on any atom is 0.150 e. The fourth-order valence-electron chi connectivity index (χ4n) is 2.93. The molecule has 0 radical (unpaired) electrons. The topological polar surface area (TPSA) is 55.4 Å². The Kier molecular flexibility index (Phi) is 4.70. The minimum absolute atomic E-state index is 0.0344. The molecule has 4 nitrogen and oxygen atoms in total. The van der Waals surface area contributed by atoms with E-state index >= 15 is 0 Å². The van der Waals surface area contributed by atoms with Gasteiger partial charge < -0.3 is 10.1 Å². The van der Waals surface area contributed by atoms with Crippen LogP contribution in [0, 0.1) is 12.8 Å². The van der Waals surface area contributed by atoms with E-state index in [1.165, 1.54) is 0 Å². The minimum Gasteiger partial charge on any atom is -0.496 e. The number of benzene rings is 1. The lowest BCUT2D eigenvalue weighted by Crippen LogP contribution is -2.29. The van der Waals surface area contributed by atoms with Crippen LogP contribution in [0.1, 0.15) is 30.5 Å². The summed E-state index contributed by atoms with van der Waals surface area (Å²) in [6.07, 6.45) is 0.719. The largest absolute Gasteiger partial charge is 0.496 e. The van der Waals surface area contributed by atoms with Crippen LogP contribution in [0.15, 0.2) is 18.2 Å². The molecular weight excluding hydrogens is 274 g/mol. The Morgan fingerprint density at radius 3 is 2.75 bits per heavy atom. The maximum atomic E-state index is 11.7. The highest BCUT2D eigenvalue weighted by molar-refractivity contribution is 7.91. The summed E-state index contributed by atoms with van der Waals surface area (Å²) in [7, 11) is -1.22. The molecule has 2 rings (SSSR count). The molecule has 0 bridgehead atoms. The molecule has 1 aromatic rings. The number of hydrogen-bond acceptors (Lipinski definition) is 4. The van der Waals surface area contributed by atoms with Crippen LogP contribution in [-0.4, -0.2) is 33.6 Å². The van der Waals surface area contributed by atoms with Gasteiger partial charge in [-0.3, -0.25) is 0 Å². The summed E-state index contributed by atoms with van der Waals surface area (Å²) >= 11 is 0. The molecule has 0 saturated carbocycles. The molecular formula is C15H23NO3S. The Labute approximate surface area is 121 Å². The second-order valence-corrected chi connectivity index (χ2v) is 7.67. The van der Waals surface area contributed by atoms with Crippen molar-refractivity contribution in [1.82, 2.24) is 5.32 Å². The average Bonchev–Trinajstić information content (AvgIpc) is 2.76. The number of rotatable bonds is 5. The molecule has 2 atom stereocenters. The lowest BCUT2D eigenvalue weighted by molar-refractivity contribution is 0.364. The van der Waals surface area contributed by atoms with Crippen molar-refractivity contribution in [3.63, 3.8) is 0 Å². The first kappa shape index (κ1) is 15.3. The van der Waals surface area contributed by atoms with E-state index in [1.807, 2.05) is 26.0 Å². The zero-order chi connectivity index (χ0) is 14.8. The lowest BCUT2D eigenvalue weighted by atomic mass is 9.91. The van der Waals surface area contributed by atoms with Crippen molar-refractivity contribution in [2.75, 3.05) is 25.2 Å². The van der Waals surface area contributed by atoms with E-state index in [4.69, 9.17) is 4.74 Å². The van der Waals surface area contributed by atoms with Gasteiger partial charge in [0.25, 0.3) is 0 Å². The molecule has 1 fully saturated rings. The highest BCUT2D eigenvalue weighted by Gasteiger charge is 2.35. The van der Waals surface area contributed by atoms with Gasteiger partial charge in [0.2, 0.25) is 0 Å². The molecule has 2 unspecified atom stereocenters. The summed E-state index contributed by atoms with van der Waals surface area (Å²) < 4.78 is 28.9. The van der Waals surface area contributed by atoms with Crippen molar-refractivity contribution in [1.29, 1.82) is 0 Å². The van der Waals surface area contributed by atoms with Gasteiger partial charge in [-0.15, -0.1) is 0 Å². The van der Waals surface area contributed by atoms with Crippen molar-refractivity contribution in [2.45, 2.75) is 26.3 Å². The van der Waals surface area contributed by atoms with Gasteiger partial charge >= 0.3 is 0 Å². The third kappa shape index (κ3) is 3.33. The minimum atomic E-state index is -2.88. The normalized spacial score (nSPS) is 22.6. The van der Waals surface area contributed by atoms with Crippen LogP contribution in [0.25, 0.3) is 0 Å². The number of aryl methyl sites for hydroxylation is 1. The highest BCUT2D eigenvalue weighted by atomic mass is 32.2. The van der Waals surface area contributed by atoms with Crippen LogP contribution in [-0.2, 0) is 9.84 Å². The van der Waals surface area contributed by atoms with E-state index < -0.39 is 9.84 Å². The van der Waals surface area contributed by atoms with Crippen molar-refractivity contribution >= 4 is 9.84 Å². The fraction of sp³-hybridized carbons (Fsp3) is 0.600. The smallest absolute Gasteiger partial charge is 0.150 e. The summed E-state index contributed by atoms with van der Waals surface area (Å²) in [4.78, 5) is 0. The zero-order valence-electron chi connectivity index (χ0n) is 12.3. The van der Waals surface area contributed by atoms with Gasteiger partial charge in [0.1, 0.15) is 5.75 Å². The molecule has 20 heavy (non-hydrogen) atoms. The van der Waals surface area contributed by atoms with E-state index in [0.29, 0.717) is 5.75 Å². The molecule has 1 aliphatic heterocycles. The van der Waals surface area contributed by atoms with Gasteiger partial charge in [0, 0.05) is 11.6 Å². The van der Waals surface area contributed by atoms with E-state index in [1.54, 1.807) is 7.11 Å². The van der Waals surface area contributed by atoms with Crippen LogP contribution in [0.4, 0.5) is 0 Å². The predicted octanol–water partition coefficient (Wildman–Crippen LogP) is 2.09. The first-order valence-corrected chi connectivity index (χ1v) is 8.87. The Morgan fingerprint density at radius 1 is 1.45 bits per heavy atom. The molecule has 1 aliphatic rings. The molecule has 1 saturated heterocycles. The van der Waals surface area contributed by atoms with Gasteiger partial charge in [0.15, 0.2) is 9.84 Å². The molecule has 1 aromatic carbocycles. The second-order valence-electron chi connectivity index (χ2n) is 5.44. The van der Waals surface area contributed by atoms with E-state index in [0.717, 1.165) is 29.8 Å². The molecule has 112 valence electrons. The fourth-order valence-corrected chi connectivity index (χ4v) is 4.77. The maximum absolute atomic E-state index is 11.7. The highest BCUT2D eigenvalue weighted by Crippen LogP contribution is 2.36. The molecule has 0 spiro atoms. The standard InChI is InChI=1S/C15H23NO3S/c1-4-16-15(12-7-8-20(17,18)10-12)13-9-11(2)5-6-14(13)19-3/h5-6,9,12,15-16H,4,7-8,10H2,1-3H3. The van der Waals surface area contributed by atoms with Crippen molar-refractivity contribution in [3.05, 3.63) is 29.3 Å². The van der Waals surface area contributed by atoms with Crippen LogP contribution in [0.2, 0.25) is 0 Å². The molecule has 0 amide bonds. The number of methoxy groups -OCH3 is 1. The summed E-state index contributed by atoms with van der Waals surface area (Å²) in [5, 5.41) is 3.44. The zero-order valence-corrected chi connectivity index (χ0v) is 13.2. The van der Waals surface area contributed by atoms with E-state index in [9.17, 15) is 8.42 Å². The number of hydrogen-bond donors (Lipinski definition) is 1. The van der Waals surface area contributed by atoms with Gasteiger partial charge in [-0.25, -0.2) is 8.42 Å². The van der Waals surface area contributed by atoms with Crippen LogP contribution >= 0.6 is 0 Å². The number of ether oxygens (including phenoxy) is 1. The summed E-state index contributed by atoms with van der Waals surface area (Å²) in [5.41, 5.74) is 2.22. The SMILES string of the molecule is CCNC(c1cc(C)ccc1OC)C1CCS(=O)(=O)C1. The second kappa shape index (κ2) is 6.14. The van der Waals surface area contributed by atoms with Crippen LogP contribution in [0.3, 0.4) is 0 Å². The number of sulfone groups is 1. The van der Waals surface area contributed by atoms with E-state index in [2.05, 4.69) is 11.4 Å². The third-order valence-corrected chi connectivity index (χ3v) is 5.68. The van der Waals surface area contributed by atoms with Crippen LogP contribution in [0.5, 0.6) is 5.75 Å². The average molecular weight is 297 g/mol. The van der Waals surface area contributed by atoms with Gasteiger partial charge in [-0.1, -0.05) is 24.6 Å². The van der Waals surface area contributed by atoms with Gasteiger partial charge in [0.05, 0.1) is 18.6 Å². The van der Waals surface area contributed by atoms with Gasteiger partial charge in [-0.2, -0.15) is 0 Å². The number of nitrogens with one attached hydrogen (secondary N) is 1. The van der Waals surface area contributed by atoms with Crippen molar-refractivity contribution in [3.8, 4) is 5.75 Å². The molecule has 0 aromatic heterocycles. The monoisotopic (exact) mass is 297 g/mol. The van der Waals surface area contributed by atoms with Crippen molar-refractivity contribution in [2.24, 2.45) is 5.92 Å². The Morgan fingerprint density at radius 2 is 2.20 bits per heavy atom. The van der Waals surface area contributed by atoms with Crippen LogP contribution < -0.4 is 10.1 Å². The Hall–Kier alpha value is -1.07. The predicted molar refractivity (Wildman–Crippen MR) is 80.9 cm³/mol. The Bertz CT molecular complexity index is 568. The molecule has 1 N–H and O–H groups in total. The quantitative estimate of drug-likeness (QED) is 0.904. The first-order valence-electron chi connectivity index (χ1n) is 7.05. The molecule has 1 heterocycles. The molecule has 5 heteroatoms. The lowest BCUT2D eigenvalue weighted by Gasteiger charge is -2.26. The summed E-state index contributed by atoms with van der Waals surface area (Å²) in [6, 6.07) is 6.10. The first-order chi connectivity index (χ1) is 9.46. The summed E-state index contributed by atoms with van der Waals surface area (Å²) in [5.74, 6) is 1.51. The van der Waals surface area contributed by atoms with Gasteiger partial charge in [-0.05, 0) is 31.9 Å². The third-order valence-electron chi connectivity index (χ3n) is 3.88. The van der Waals surface area contributed by atoms with E-state index in [-0.39, 0.29) is 17.7 Å². The van der Waals surface area contributed by atoms with Crippen molar-refractivity contribution < 1.29 is 13.2 Å².